The number of benzene rings is 1. The van der Waals surface area contributed by atoms with E-state index in [4.69, 9.17) is 16.6 Å². The van der Waals surface area contributed by atoms with Crippen LogP contribution >= 0.6 is 0 Å². The molecule has 0 saturated carbocycles. The Balaban J connectivity index is 2.65. The van der Waals surface area contributed by atoms with E-state index in [1.807, 2.05) is 0 Å². The highest BCUT2D eigenvalue weighted by Gasteiger charge is 2.46. The number of pyridine rings is 1. The van der Waals surface area contributed by atoms with Gasteiger partial charge >= 0.3 is 0 Å². The van der Waals surface area contributed by atoms with E-state index in [0.717, 1.165) is 5.39 Å². The lowest BCUT2D eigenvalue weighted by molar-refractivity contribution is -0.121. The van der Waals surface area contributed by atoms with E-state index in [2.05, 4.69) is 4.98 Å². The summed E-state index contributed by atoms with van der Waals surface area (Å²) in [6.07, 6.45) is 1.51. The number of fused-ring (bicyclic) bond motifs is 1. The van der Waals surface area contributed by atoms with E-state index in [1.165, 1.54) is 24.4 Å². The number of amides is 1. The number of sulfone groups is 1. The third-order valence-electron chi connectivity index (χ3n) is 3.02. The number of aromatic nitrogens is 1. The molecule has 20 heavy (non-hydrogen) atoms. The molecule has 2 aromatic rings. The van der Waals surface area contributed by atoms with E-state index in [-0.39, 0.29) is 4.90 Å². The number of rotatable bonds is 4. The van der Waals surface area contributed by atoms with Crippen molar-refractivity contribution in [2.75, 3.05) is 6.61 Å². The highest BCUT2D eigenvalue weighted by Crippen LogP contribution is 2.24. The Morgan fingerprint density at radius 1 is 1.35 bits per heavy atom. The molecule has 1 atom stereocenters. The van der Waals surface area contributed by atoms with Gasteiger partial charge in [-0.3, -0.25) is 9.78 Å². The number of hydrogen-bond acceptors (Lipinski definition) is 6. The molecule has 5 N–H and O–H groups in total. The van der Waals surface area contributed by atoms with Crippen LogP contribution in [0.2, 0.25) is 0 Å². The molecular formula is C12H13N3O4S. The molecule has 1 aromatic heterocycles. The first-order valence-electron chi connectivity index (χ1n) is 5.62. The van der Waals surface area contributed by atoms with E-state index in [0.29, 0.717) is 5.52 Å². The third kappa shape index (κ3) is 2.03. The first-order chi connectivity index (χ1) is 9.33. The molecule has 2 rings (SSSR count). The van der Waals surface area contributed by atoms with Crippen molar-refractivity contribution >= 4 is 26.6 Å². The third-order valence-corrected chi connectivity index (χ3v) is 5.18. The van der Waals surface area contributed by atoms with E-state index < -0.39 is 27.2 Å². The lowest BCUT2D eigenvalue weighted by Gasteiger charge is -2.23. The molecule has 0 saturated heterocycles. The van der Waals surface area contributed by atoms with Gasteiger partial charge in [-0.2, -0.15) is 0 Å². The van der Waals surface area contributed by atoms with E-state index in [9.17, 15) is 13.2 Å². The Bertz CT molecular complexity index is 775. The van der Waals surface area contributed by atoms with Crippen molar-refractivity contribution in [2.45, 2.75) is 9.77 Å². The second kappa shape index (κ2) is 4.82. The molecule has 0 aliphatic carbocycles. The minimum Gasteiger partial charge on any atom is -0.393 e. The predicted octanol–water partition coefficient (Wildman–Crippen LogP) is -0.859. The maximum Gasteiger partial charge on any atom is 0.256 e. The molecule has 1 amide bonds. The summed E-state index contributed by atoms with van der Waals surface area (Å²) in [5, 5.41) is 9.88. The zero-order chi connectivity index (χ0) is 15.0. The average Bonchev–Trinajstić information content (AvgIpc) is 2.45. The van der Waals surface area contributed by atoms with Crippen LogP contribution in [-0.2, 0) is 14.6 Å². The molecule has 0 bridgehead atoms. The standard InChI is InChI=1S/C12H13N3O4S/c13-11(17)12(14,7-16)20(18,19)9-4-3-8-2-1-5-15-10(8)6-9/h1-6,16H,7,14H2,(H2,13,17)/t12-/m1/s1. The van der Waals surface area contributed by atoms with Crippen molar-refractivity contribution in [1.82, 2.24) is 4.98 Å². The van der Waals surface area contributed by atoms with Gasteiger partial charge in [0.05, 0.1) is 17.0 Å². The van der Waals surface area contributed by atoms with Gasteiger partial charge in [0.25, 0.3) is 5.91 Å². The quantitative estimate of drug-likeness (QED) is 0.671. The molecule has 1 aromatic carbocycles. The number of aliphatic hydroxyl groups excluding tert-OH is 1. The van der Waals surface area contributed by atoms with Crippen molar-refractivity contribution in [3.63, 3.8) is 0 Å². The molecule has 0 fully saturated rings. The second-order valence-corrected chi connectivity index (χ2v) is 6.48. The van der Waals surface area contributed by atoms with Gasteiger partial charge in [0.1, 0.15) is 0 Å². The molecule has 8 heteroatoms. The molecule has 0 spiro atoms. The van der Waals surface area contributed by atoms with Gasteiger partial charge in [0, 0.05) is 11.6 Å². The molecule has 0 radical (unpaired) electrons. The fourth-order valence-corrected chi connectivity index (χ4v) is 3.09. The second-order valence-electron chi connectivity index (χ2n) is 4.27. The molecule has 0 unspecified atom stereocenters. The lowest BCUT2D eigenvalue weighted by Crippen LogP contribution is -2.60. The number of aliphatic hydroxyl groups is 1. The summed E-state index contributed by atoms with van der Waals surface area (Å²) in [4.78, 5) is 12.5. The van der Waals surface area contributed by atoms with Crippen LogP contribution in [0.25, 0.3) is 10.9 Å². The van der Waals surface area contributed by atoms with Crippen molar-refractivity contribution in [3.05, 3.63) is 36.5 Å². The summed E-state index contributed by atoms with van der Waals surface area (Å²) in [6.45, 7) is -1.11. The molecule has 0 aliphatic rings. The van der Waals surface area contributed by atoms with Gasteiger partial charge in [-0.05, 0) is 18.2 Å². The summed E-state index contributed by atoms with van der Waals surface area (Å²) in [7, 11) is -4.33. The fraction of sp³-hybridized carbons (Fsp3) is 0.167. The minimum absolute atomic E-state index is 0.223. The Labute approximate surface area is 115 Å². The number of nitrogens with two attached hydrogens (primary N) is 2. The number of nitrogens with zero attached hydrogens (tertiary/aromatic N) is 1. The fourth-order valence-electron chi connectivity index (χ4n) is 1.72. The first-order valence-corrected chi connectivity index (χ1v) is 7.10. The van der Waals surface area contributed by atoms with Gasteiger partial charge < -0.3 is 16.6 Å². The smallest absolute Gasteiger partial charge is 0.256 e. The molecular weight excluding hydrogens is 282 g/mol. The largest absolute Gasteiger partial charge is 0.393 e. The highest BCUT2D eigenvalue weighted by molar-refractivity contribution is 7.93. The van der Waals surface area contributed by atoms with Crippen LogP contribution in [0.3, 0.4) is 0 Å². The normalized spacial score (nSPS) is 14.9. The van der Waals surface area contributed by atoms with Crippen LogP contribution < -0.4 is 11.5 Å². The van der Waals surface area contributed by atoms with Crippen LogP contribution in [0.1, 0.15) is 0 Å². The van der Waals surface area contributed by atoms with Gasteiger partial charge in [-0.25, -0.2) is 8.42 Å². The predicted molar refractivity (Wildman–Crippen MR) is 72.1 cm³/mol. The number of carbonyl (C=O) groups excluding carboxylic acids is 1. The summed E-state index contributed by atoms with van der Waals surface area (Å²) >= 11 is 0. The zero-order valence-electron chi connectivity index (χ0n) is 10.4. The monoisotopic (exact) mass is 295 g/mol. The number of hydrogen-bond donors (Lipinski definition) is 3. The van der Waals surface area contributed by atoms with Crippen molar-refractivity contribution < 1.29 is 18.3 Å². The SMILES string of the molecule is NC(=O)[C@@](N)(CO)S(=O)(=O)c1ccc2cccnc2c1. The van der Waals surface area contributed by atoms with Crippen LogP contribution in [0.5, 0.6) is 0 Å². The van der Waals surface area contributed by atoms with Crippen LogP contribution in [0.15, 0.2) is 41.4 Å². The summed E-state index contributed by atoms with van der Waals surface area (Å²) in [6, 6.07) is 7.58. The maximum absolute atomic E-state index is 12.4. The Morgan fingerprint density at radius 3 is 2.65 bits per heavy atom. The van der Waals surface area contributed by atoms with Crippen molar-refractivity contribution in [2.24, 2.45) is 11.5 Å². The van der Waals surface area contributed by atoms with Gasteiger partial charge in [-0.15, -0.1) is 0 Å². The molecule has 106 valence electrons. The highest BCUT2D eigenvalue weighted by atomic mass is 32.2. The van der Waals surface area contributed by atoms with Crippen LogP contribution in [0, 0.1) is 0 Å². The van der Waals surface area contributed by atoms with Gasteiger partial charge in [0.2, 0.25) is 14.7 Å². The number of carbonyl (C=O) groups is 1. The van der Waals surface area contributed by atoms with Gasteiger partial charge in [0.15, 0.2) is 0 Å². The van der Waals surface area contributed by atoms with E-state index >= 15 is 0 Å². The Hall–Kier alpha value is -2.03. The number of primary amides is 1. The lowest BCUT2D eigenvalue weighted by atomic mass is 10.2. The minimum atomic E-state index is -4.33. The molecule has 0 aliphatic heterocycles. The summed E-state index contributed by atoms with van der Waals surface area (Å²) in [5.74, 6) is -1.32. The Morgan fingerprint density at radius 2 is 2.05 bits per heavy atom. The topological polar surface area (TPSA) is 136 Å². The molecule has 7 nitrogen and oxygen atoms in total. The molecule has 1 heterocycles. The zero-order valence-corrected chi connectivity index (χ0v) is 11.2. The maximum atomic E-state index is 12.4. The van der Waals surface area contributed by atoms with Crippen LogP contribution in [-0.4, -0.2) is 35.9 Å². The van der Waals surface area contributed by atoms with Crippen molar-refractivity contribution in [1.29, 1.82) is 0 Å². The van der Waals surface area contributed by atoms with Crippen LogP contribution in [0.4, 0.5) is 0 Å². The Kier molecular flexibility index (Phi) is 3.46. The van der Waals surface area contributed by atoms with Gasteiger partial charge in [-0.1, -0.05) is 12.1 Å². The summed E-state index contributed by atoms with van der Waals surface area (Å²) < 4.78 is 24.7. The first kappa shape index (κ1) is 14.4. The average molecular weight is 295 g/mol. The van der Waals surface area contributed by atoms with E-state index in [1.54, 1.807) is 12.1 Å². The summed E-state index contributed by atoms with van der Waals surface area (Å²) in [5.41, 5.74) is 10.9. The van der Waals surface area contributed by atoms with Crippen molar-refractivity contribution in [3.8, 4) is 0 Å².